The van der Waals surface area contributed by atoms with Gasteiger partial charge in [-0.2, -0.15) is 0 Å². The van der Waals surface area contributed by atoms with Crippen LogP contribution in [0.2, 0.25) is 0 Å². The van der Waals surface area contributed by atoms with Crippen molar-refractivity contribution in [2.24, 2.45) is 0 Å². The first-order valence-corrected chi connectivity index (χ1v) is 14.5. The van der Waals surface area contributed by atoms with Gasteiger partial charge in [0.15, 0.2) is 0 Å². The predicted molar refractivity (Wildman–Crippen MR) is 107 cm³/mol. The molecule has 1 nitrogen and oxygen atoms in total. The molecule has 0 unspecified atom stereocenters. The van der Waals surface area contributed by atoms with Crippen LogP contribution in [-0.2, 0) is 13.1 Å². The van der Waals surface area contributed by atoms with Crippen molar-refractivity contribution < 1.29 is 16.9 Å². The number of hydrogen-bond acceptors (Lipinski definition) is 0. The standard InChI is InChI=1S/C21H22N.6FH.Sb/c1-22(21-15-9-4-10-16-21,17-19-11-5-2-6-12-19)18-20-13-7-3-8-14-20;;;;;;;/h2-16H,17-18H2,1H3;6*1H;/q+1;;;;;;;+5/p-6. The molecule has 158 valence electrons. The molecule has 3 aromatic rings. The van der Waals surface area contributed by atoms with Crippen molar-refractivity contribution in [3.05, 3.63) is 102 Å². The second kappa shape index (κ2) is 8.04. The fraction of sp³-hybridized carbons (Fsp3) is 0.143. The molecule has 0 N–H and O–H groups in total. The van der Waals surface area contributed by atoms with Crippen LogP contribution in [0.4, 0.5) is 22.6 Å². The molecule has 8 heteroatoms. The molecule has 0 heterocycles. The third kappa shape index (κ3) is 10.4. The minimum atomic E-state index is -11.2. The van der Waals surface area contributed by atoms with Crippen molar-refractivity contribution in [2.45, 2.75) is 13.1 Å². The normalized spacial score (nSPS) is 14.2. The van der Waals surface area contributed by atoms with E-state index < -0.39 is 19.5 Å². The van der Waals surface area contributed by atoms with E-state index in [1.54, 1.807) is 0 Å². The van der Waals surface area contributed by atoms with Gasteiger partial charge in [-0.1, -0.05) is 78.9 Å². The van der Waals surface area contributed by atoms with E-state index in [9.17, 15) is 16.9 Å². The van der Waals surface area contributed by atoms with Crippen molar-refractivity contribution in [1.82, 2.24) is 4.48 Å². The van der Waals surface area contributed by atoms with Crippen molar-refractivity contribution in [3.63, 3.8) is 0 Å². The van der Waals surface area contributed by atoms with Gasteiger partial charge in [-0.05, 0) is 12.1 Å². The van der Waals surface area contributed by atoms with Gasteiger partial charge in [-0.3, -0.25) is 4.48 Å². The van der Waals surface area contributed by atoms with Crippen molar-refractivity contribution in [3.8, 4) is 0 Å². The molecular weight excluding hydrogens is 502 g/mol. The van der Waals surface area contributed by atoms with Crippen molar-refractivity contribution in [2.75, 3.05) is 7.05 Å². The van der Waals surface area contributed by atoms with E-state index >= 15 is 0 Å². The summed E-state index contributed by atoms with van der Waals surface area (Å²) < 4.78 is 60.4. The molecule has 0 saturated carbocycles. The molecule has 0 radical (unpaired) electrons. The molecule has 3 aromatic carbocycles. The van der Waals surface area contributed by atoms with Crippen LogP contribution >= 0.6 is 0 Å². The molecule has 0 atom stereocenters. The maximum atomic E-state index is 9.93. The van der Waals surface area contributed by atoms with E-state index in [1.807, 2.05) is 0 Å². The average molecular weight is 524 g/mol. The van der Waals surface area contributed by atoms with Crippen LogP contribution in [0.1, 0.15) is 11.1 Å². The Morgan fingerprint density at radius 2 is 0.828 bits per heavy atom. The molecule has 0 saturated heterocycles. The van der Waals surface area contributed by atoms with Gasteiger partial charge in [-0.25, -0.2) is 0 Å². The number of para-hydroxylation sites is 1. The number of hydrogen-bond donors (Lipinski definition) is 0. The van der Waals surface area contributed by atoms with Gasteiger partial charge < -0.3 is 0 Å². The van der Waals surface area contributed by atoms with E-state index in [-0.39, 0.29) is 0 Å². The van der Waals surface area contributed by atoms with Gasteiger partial charge in [-0.15, -0.1) is 0 Å². The molecule has 0 amide bonds. The van der Waals surface area contributed by atoms with Gasteiger partial charge in [0.25, 0.3) is 0 Å². The van der Waals surface area contributed by atoms with Gasteiger partial charge in [0.2, 0.25) is 0 Å². The van der Waals surface area contributed by atoms with E-state index in [0.29, 0.717) is 0 Å². The topological polar surface area (TPSA) is 0 Å². The third-order valence-electron chi connectivity index (χ3n) is 4.13. The summed E-state index contributed by atoms with van der Waals surface area (Å²) in [5, 5.41) is 0. The number of halogens is 6. The maximum absolute atomic E-state index is 11.2. The Morgan fingerprint density at radius 1 is 0.552 bits per heavy atom. The summed E-state index contributed by atoms with van der Waals surface area (Å²) in [5.41, 5.74) is 4.07. The number of rotatable bonds is 5. The zero-order valence-corrected chi connectivity index (χ0v) is 18.3. The van der Waals surface area contributed by atoms with Gasteiger partial charge in [0.05, 0.1) is 7.05 Å². The molecular formula is C21H22F6NSb. The van der Waals surface area contributed by atoms with E-state index in [2.05, 4.69) is 98.0 Å². The fourth-order valence-corrected chi connectivity index (χ4v) is 3.00. The quantitative estimate of drug-likeness (QED) is 0.189. The fourth-order valence-electron chi connectivity index (χ4n) is 3.00. The summed E-state index contributed by atoms with van der Waals surface area (Å²) in [5.74, 6) is 0. The summed E-state index contributed by atoms with van der Waals surface area (Å²) in [7, 11) is 2.31. The van der Waals surface area contributed by atoms with Crippen LogP contribution in [-0.4, -0.2) is 26.5 Å². The van der Waals surface area contributed by atoms with Gasteiger partial charge >= 0.3 is 36.4 Å². The van der Waals surface area contributed by atoms with Crippen LogP contribution in [0.15, 0.2) is 91.0 Å². The van der Waals surface area contributed by atoms with E-state index in [4.69, 9.17) is 0 Å². The number of nitrogens with zero attached hydrogens (tertiary/aromatic N) is 1. The Bertz CT molecular complexity index is 845. The first-order chi connectivity index (χ1) is 13.2. The molecule has 0 spiro atoms. The Hall–Kier alpha value is -1.98. The Morgan fingerprint density at radius 3 is 1.14 bits per heavy atom. The molecule has 0 aromatic heterocycles. The zero-order valence-electron chi connectivity index (χ0n) is 15.7. The Labute approximate surface area is 168 Å². The van der Waals surface area contributed by atoms with Crippen LogP contribution in [0.5, 0.6) is 0 Å². The predicted octanol–water partition coefficient (Wildman–Crippen LogP) is 7.16. The molecule has 0 aliphatic heterocycles. The van der Waals surface area contributed by atoms with Crippen LogP contribution in [0.3, 0.4) is 0 Å². The molecule has 0 bridgehead atoms. The minimum absolute atomic E-state index is 0.870. The summed E-state index contributed by atoms with van der Waals surface area (Å²) in [6.45, 7) is 1.97. The molecule has 0 aliphatic rings. The van der Waals surface area contributed by atoms with Crippen LogP contribution in [0, 0.1) is 0 Å². The molecule has 0 fully saturated rings. The van der Waals surface area contributed by atoms with Crippen molar-refractivity contribution in [1.29, 1.82) is 0 Å². The molecule has 29 heavy (non-hydrogen) atoms. The molecule has 3 rings (SSSR count). The Kier molecular flexibility index (Phi) is 6.46. The first-order valence-electron chi connectivity index (χ1n) is 8.76. The van der Waals surface area contributed by atoms with E-state index in [1.165, 1.54) is 16.8 Å². The summed E-state index contributed by atoms with van der Waals surface area (Å²) in [6, 6.07) is 32.3. The second-order valence-electron chi connectivity index (χ2n) is 6.98. The first kappa shape index (κ1) is 23.3. The average Bonchev–Trinajstić information content (AvgIpc) is 2.61. The monoisotopic (exact) mass is 523 g/mol. The van der Waals surface area contributed by atoms with Crippen LogP contribution in [0.25, 0.3) is 0 Å². The number of quaternary nitrogens is 1. The van der Waals surface area contributed by atoms with Crippen molar-refractivity contribution >= 4 is 25.2 Å². The summed E-state index contributed by atoms with van der Waals surface area (Å²) in [4.78, 5) is 0. The Balaban J connectivity index is 0.000000370. The second-order valence-corrected chi connectivity index (χ2v) is 12.4. The van der Waals surface area contributed by atoms with E-state index in [0.717, 1.165) is 17.6 Å². The molecule has 0 aliphatic carbocycles. The van der Waals surface area contributed by atoms with Crippen LogP contribution < -0.4 is 4.48 Å². The zero-order chi connectivity index (χ0) is 21.7. The van der Waals surface area contributed by atoms with Gasteiger partial charge in [0, 0.05) is 11.1 Å². The SMILES string of the molecule is C[N+](Cc1ccccc1)(Cc1ccccc1)c1ccccc1.[F][Sb-]([F])([F])([F])([F])[F]. The summed E-state index contributed by atoms with van der Waals surface area (Å²) >= 11 is -11.2. The third-order valence-corrected chi connectivity index (χ3v) is 4.13. The number of benzene rings is 3. The van der Waals surface area contributed by atoms with Gasteiger partial charge in [0.1, 0.15) is 18.8 Å². The summed E-state index contributed by atoms with van der Waals surface area (Å²) in [6.07, 6.45) is 0.